The summed E-state index contributed by atoms with van der Waals surface area (Å²) in [7, 11) is -3.08. The van der Waals surface area contributed by atoms with Crippen molar-refractivity contribution in [3.63, 3.8) is 0 Å². The van der Waals surface area contributed by atoms with Gasteiger partial charge in [-0.25, -0.2) is 18.7 Å². The quantitative estimate of drug-likeness (QED) is 0.213. The van der Waals surface area contributed by atoms with E-state index in [4.69, 9.17) is 33.1 Å². The van der Waals surface area contributed by atoms with E-state index in [1.807, 2.05) is 0 Å². The van der Waals surface area contributed by atoms with Crippen molar-refractivity contribution in [2.75, 3.05) is 7.05 Å². The minimum atomic E-state index is -4.23. The number of ether oxygens (including phenoxy) is 1. The second kappa shape index (κ2) is 11.1. The van der Waals surface area contributed by atoms with Crippen molar-refractivity contribution >= 4 is 39.1 Å². The molecule has 1 amide bonds. The number of rotatable bonds is 9. The molecule has 1 atom stereocenters. The number of nitrogens with zero attached hydrogens (tertiary/aromatic N) is 2. The molecule has 0 fully saturated rings. The number of likely N-dealkylation sites (N-methyl/N-ethyl adjacent to an activating group) is 1. The summed E-state index contributed by atoms with van der Waals surface area (Å²) in [5.41, 5.74) is -0.144. The summed E-state index contributed by atoms with van der Waals surface area (Å²) in [6.07, 6.45) is -0.301. The standard InChI is InChI=1S/C21H20Cl2N4O7S/c1-26(17(20(29)25-31)10-11-27-19(28)12-18(23)24-21(27)30)35(32,33)16-8-6-15(7-9-16)34-14-4-2-13(22)3-5-14/h2-9,12,17,31H,10-11H2,1H3,(H,24,30)(H,25,29). The van der Waals surface area contributed by atoms with E-state index in [0.29, 0.717) is 16.5 Å². The molecule has 186 valence electrons. The van der Waals surface area contributed by atoms with Gasteiger partial charge in [-0.15, -0.1) is 0 Å². The first-order valence-electron chi connectivity index (χ1n) is 9.98. The number of halogens is 2. The van der Waals surface area contributed by atoms with Crippen LogP contribution < -0.4 is 21.5 Å². The van der Waals surface area contributed by atoms with Gasteiger partial charge in [0.05, 0.1) is 4.90 Å². The average Bonchev–Trinajstić information content (AvgIpc) is 2.82. The first-order chi connectivity index (χ1) is 16.5. The fourth-order valence-corrected chi connectivity index (χ4v) is 4.81. The minimum Gasteiger partial charge on any atom is -0.457 e. The van der Waals surface area contributed by atoms with E-state index in [9.17, 15) is 22.8 Å². The zero-order valence-electron chi connectivity index (χ0n) is 18.1. The van der Waals surface area contributed by atoms with Gasteiger partial charge in [-0.3, -0.25) is 24.3 Å². The molecule has 0 spiro atoms. The number of carbonyl (C=O) groups is 1. The molecule has 0 bridgehead atoms. The summed E-state index contributed by atoms with van der Waals surface area (Å²) < 4.78 is 33.4. The number of benzene rings is 2. The van der Waals surface area contributed by atoms with Gasteiger partial charge >= 0.3 is 5.69 Å². The van der Waals surface area contributed by atoms with Gasteiger partial charge in [0.15, 0.2) is 0 Å². The smallest absolute Gasteiger partial charge is 0.329 e. The fourth-order valence-electron chi connectivity index (χ4n) is 3.16. The van der Waals surface area contributed by atoms with Gasteiger partial charge in [-0.2, -0.15) is 4.31 Å². The lowest BCUT2D eigenvalue weighted by atomic mass is 10.2. The number of hydrogen-bond donors (Lipinski definition) is 3. The molecule has 11 nitrogen and oxygen atoms in total. The third-order valence-corrected chi connectivity index (χ3v) is 7.35. The number of amides is 1. The third kappa shape index (κ3) is 6.29. The first kappa shape index (κ1) is 26.4. The first-order valence-corrected chi connectivity index (χ1v) is 12.2. The molecule has 35 heavy (non-hydrogen) atoms. The minimum absolute atomic E-state index is 0.152. The van der Waals surface area contributed by atoms with Crippen molar-refractivity contribution < 1.29 is 23.2 Å². The highest BCUT2D eigenvalue weighted by molar-refractivity contribution is 7.89. The summed E-state index contributed by atoms with van der Waals surface area (Å²) in [6, 6.07) is 11.6. The molecule has 1 heterocycles. The molecule has 0 aliphatic heterocycles. The Bertz CT molecular complexity index is 1390. The molecule has 14 heteroatoms. The summed E-state index contributed by atoms with van der Waals surface area (Å²) in [6.45, 7) is -0.322. The zero-order chi connectivity index (χ0) is 25.8. The predicted molar refractivity (Wildman–Crippen MR) is 128 cm³/mol. The Balaban J connectivity index is 1.80. The Labute approximate surface area is 209 Å². The number of sulfonamides is 1. The Hall–Kier alpha value is -3.16. The Morgan fingerprint density at radius 2 is 1.69 bits per heavy atom. The number of hydroxylamine groups is 1. The number of aromatic amines is 1. The highest BCUT2D eigenvalue weighted by Crippen LogP contribution is 2.26. The van der Waals surface area contributed by atoms with Crippen LogP contribution in [0.1, 0.15) is 6.42 Å². The summed E-state index contributed by atoms with van der Waals surface area (Å²) >= 11 is 11.5. The van der Waals surface area contributed by atoms with Crippen LogP contribution in [-0.2, 0) is 21.4 Å². The number of hydrogen-bond acceptors (Lipinski definition) is 7. The van der Waals surface area contributed by atoms with Crippen molar-refractivity contribution in [1.29, 1.82) is 0 Å². The lowest BCUT2D eigenvalue weighted by Gasteiger charge is -2.26. The molecule has 0 aliphatic rings. The van der Waals surface area contributed by atoms with E-state index >= 15 is 0 Å². The fraction of sp³-hybridized carbons (Fsp3) is 0.190. The highest BCUT2D eigenvalue weighted by Gasteiger charge is 2.33. The van der Waals surface area contributed by atoms with Crippen LogP contribution in [0.25, 0.3) is 0 Å². The van der Waals surface area contributed by atoms with E-state index < -0.39 is 33.2 Å². The van der Waals surface area contributed by atoms with Gasteiger partial charge in [0.1, 0.15) is 22.7 Å². The Kier molecular flexibility index (Phi) is 8.35. The van der Waals surface area contributed by atoms with E-state index in [1.54, 1.807) is 24.3 Å². The normalized spacial score (nSPS) is 12.4. The predicted octanol–water partition coefficient (Wildman–Crippen LogP) is 2.22. The molecular weight excluding hydrogens is 523 g/mol. The molecule has 0 aliphatic carbocycles. The van der Waals surface area contributed by atoms with Crippen molar-refractivity contribution in [2.24, 2.45) is 0 Å². The lowest BCUT2D eigenvalue weighted by Crippen LogP contribution is -2.48. The van der Waals surface area contributed by atoms with Crippen LogP contribution in [-0.4, -0.2) is 46.5 Å². The van der Waals surface area contributed by atoms with E-state index in [1.165, 1.54) is 29.7 Å². The van der Waals surface area contributed by atoms with Gasteiger partial charge in [-0.05, 0) is 55.0 Å². The largest absolute Gasteiger partial charge is 0.457 e. The maximum Gasteiger partial charge on any atom is 0.329 e. The number of carbonyl (C=O) groups excluding carboxylic acids is 1. The van der Waals surface area contributed by atoms with Crippen LogP contribution in [0.15, 0.2) is 69.1 Å². The summed E-state index contributed by atoms with van der Waals surface area (Å²) in [4.78, 5) is 38.4. The van der Waals surface area contributed by atoms with E-state index in [0.717, 1.165) is 22.0 Å². The molecule has 1 unspecified atom stereocenters. The van der Waals surface area contributed by atoms with Crippen molar-refractivity contribution in [2.45, 2.75) is 23.9 Å². The SMILES string of the molecule is CN(C(CCn1c(=O)cc(Cl)[nH]c1=O)C(=O)NO)S(=O)(=O)c1ccc(Oc2ccc(Cl)cc2)cc1. The molecule has 0 radical (unpaired) electrons. The van der Waals surface area contributed by atoms with Crippen molar-refractivity contribution in [3.05, 3.63) is 85.6 Å². The second-order valence-corrected chi connectivity index (χ2v) is 10.1. The lowest BCUT2D eigenvalue weighted by molar-refractivity contribution is -0.133. The molecule has 3 rings (SSSR count). The third-order valence-electron chi connectivity index (χ3n) is 5.02. The van der Waals surface area contributed by atoms with Crippen LogP contribution in [0.3, 0.4) is 0 Å². The van der Waals surface area contributed by atoms with Gasteiger partial charge in [-0.1, -0.05) is 23.2 Å². The maximum absolute atomic E-state index is 13.1. The number of H-pyrrole nitrogens is 1. The number of nitrogens with one attached hydrogen (secondary N) is 2. The molecule has 0 saturated heterocycles. The number of aromatic nitrogens is 2. The van der Waals surface area contributed by atoms with Crippen molar-refractivity contribution in [1.82, 2.24) is 19.3 Å². The van der Waals surface area contributed by atoms with Crippen LogP contribution in [0.5, 0.6) is 11.5 Å². The Morgan fingerprint density at radius 3 is 2.23 bits per heavy atom. The summed E-state index contributed by atoms with van der Waals surface area (Å²) in [5, 5.41) is 9.50. The average molecular weight is 543 g/mol. The van der Waals surface area contributed by atoms with Crippen LogP contribution in [0.2, 0.25) is 10.2 Å². The Morgan fingerprint density at radius 1 is 1.11 bits per heavy atom. The van der Waals surface area contributed by atoms with Crippen LogP contribution >= 0.6 is 23.2 Å². The molecule has 3 N–H and O–H groups in total. The monoisotopic (exact) mass is 542 g/mol. The van der Waals surface area contributed by atoms with Gasteiger partial charge in [0.2, 0.25) is 10.0 Å². The topological polar surface area (TPSA) is 151 Å². The maximum atomic E-state index is 13.1. The van der Waals surface area contributed by atoms with E-state index in [2.05, 4.69) is 4.98 Å². The zero-order valence-corrected chi connectivity index (χ0v) is 20.5. The van der Waals surface area contributed by atoms with E-state index in [-0.39, 0.29) is 23.0 Å². The molecule has 0 saturated carbocycles. The van der Waals surface area contributed by atoms with Gasteiger partial charge in [0, 0.05) is 24.7 Å². The molecule has 3 aromatic rings. The molecule has 1 aromatic heterocycles. The summed E-state index contributed by atoms with van der Waals surface area (Å²) in [5.74, 6) is -0.189. The highest BCUT2D eigenvalue weighted by atomic mass is 35.5. The van der Waals surface area contributed by atoms with Gasteiger partial charge < -0.3 is 4.74 Å². The molecular formula is C21H20Cl2N4O7S. The van der Waals surface area contributed by atoms with Gasteiger partial charge in [0.25, 0.3) is 11.5 Å². The van der Waals surface area contributed by atoms with Crippen molar-refractivity contribution in [3.8, 4) is 11.5 Å². The van der Waals surface area contributed by atoms with Crippen LogP contribution in [0.4, 0.5) is 0 Å². The second-order valence-electron chi connectivity index (χ2n) is 7.24. The molecule has 2 aromatic carbocycles. The van der Waals surface area contributed by atoms with Crippen LogP contribution in [0, 0.1) is 0 Å².